The maximum atomic E-state index is 4.37. The molecule has 5 heteroatoms. The molecule has 72 valence electrons. The van der Waals surface area contributed by atoms with Crippen LogP contribution in [-0.4, -0.2) is 19.3 Å². The molecular formula is C9H9BrN4. The maximum absolute atomic E-state index is 4.37. The van der Waals surface area contributed by atoms with Crippen LogP contribution >= 0.6 is 15.9 Å². The van der Waals surface area contributed by atoms with Crippen LogP contribution in [0.4, 0.5) is 0 Å². The zero-order chi connectivity index (χ0) is 9.54. The first-order valence-electron chi connectivity index (χ1n) is 4.55. The van der Waals surface area contributed by atoms with Crippen LogP contribution in [0.15, 0.2) is 23.1 Å². The van der Waals surface area contributed by atoms with Crippen molar-refractivity contribution in [2.45, 2.75) is 19.5 Å². The number of fused-ring (bicyclic) bond motifs is 2. The number of aromatic nitrogens is 4. The van der Waals surface area contributed by atoms with Crippen molar-refractivity contribution in [3.8, 4) is 0 Å². The van der Waals surface area contributed by atoms with Gasteiger partial charge in [0, 0.05) is 31.1 Å². The highest BCUT2D eigenvalue weighted by molar-refractivity contribution is 9.10. The third-order valence-corrected chi connectivity index (χ3v) is 2.92. The predicted octanol–water partition coefficient (Wildman–Crippen LogP) is 1.45. The lowest BCUT2D eigenvalue weighted by atomic mass is 10.3. The second-order valence-electron chi connectivity index (χ2n) is 3.40. The van der Waals surface area contributed by atoms with Crippen LogP contribution in [0.25, 0.3) is 0 Å². The van der Waals surface area contributed by atoms with Crippen LogP contribution in [0.2, 0.25) is 0 Å². The fourth-order valence-electron chi connectivity index (χ4n) is 1.82. The molecule has 2 aromatic heterocycles. The molecule has 4 nitrogen and oxygen atoms in total. The summed E-state index contributed by atoms with van der Waals surface area (Å²) >= 11 is 3.39. The summed E-state index contributed by atoms with van der Waals surface area (Å²) in [4.78, 5) is 4.31. The monoisotopic (exact) mass is 252 g/mol. The van der Waals surface area contributed by atoms with Crippen LogP contribution in [0.5, 0.6) is 0 Å². The first kappa shape index (κ1) is 8.23. The van der Waals surface area contributed by atoms with E-state index in [1.54, 1.807) is 0 Å². The molecule has 0 unspecified atom stereocenters. The average Bonchev–Trinajstić information content (AvgIpc) is 2.69. The first-order valence-corrected chi connectivity index (χ1v) is 5.34. The smallest absolute Gasteiger partial charge is 0.130 e. The van der Waals surface area contributed by atoms with Gasteiger partial charge in [-0.25, -0.2) is 4.98 Å². The number of aryl methyl sites for hydroxylation is 2. The highest BCUT2D eigenvalue weighted by atomic mass is 79.9. The number of nitrogens with zero attached hydrogens (tertiary/aromatic N) is 4. The van der Waals surface area contributed by atoms with Gasteiger partial charge in [0.15, 0.2) is 0 Å². The largest absolute Gasteiger partial charge is 0.333 e. The summed E-state index contributed by atoms with van der Waals surface area (Å²) in [6, 6.07) is 2.08. The molecule has 0 saturated carbocycles. The van der Waals surface area contributed by atoms with Gasteiger partial charge in [-0.05, 0) is 22.0 Å². The standard InChI is InChI=1S/C9H9BrN4/c10-8-5-7-1-3-13-4-2-11-9(13)6-14(7)12-8/h2,4-5H,1,3,6H2. The van der Waals surface area contributed by atoms with Crippen LogP contribution in [-0.2, 0) is 19.5 Å². The Hall–Kier alpha value is -1.10. The van der Waals surface area contributed by atoms with Gasteiger partial charge in [-0.2, -0.15) is 5.10 Å². The number of halogens is 1. The first-order chi connectivity index (χ1) is 6.83. The van der Waals surface area contributed by atoms with Gasteiger partial charge in [-0.15, -0.1) is 0 Å². The fraction of sp³-hybridized carbons (Fsp3) is 0.333. The molecular weight excluding hydrogens is 244 g/mol. The molecule has 1 aliphatic heterocycles. The Bertz CT molecular complexity index is 471. The summed E-state index contributed by atoms with van der Waals surface area (Å²) in [5.41, 5.74) is 1.27. The third-order valence-electron chi connectivity index (χ3n) is 2.54. The quantitative estimate of drug-likeness (QED) is 0.712. The molecule has 3 rings (SSSR count). The lowest BCUT2D eigenvalue weighted by Crippen LogP contribution is -2.05. The van der Waals surface area contributed by atoms with E-state index in [0.717, 1.165) is 29.9 Å². The minimum atomic E-state index is 0.772. The van der Waals surface area contributed by atoms with Gasteiger partial charge in [0.05, 0.1) is 6.54 Å². The molecule has 0 bridgehead atoms. The molecule has 0 radical (unpaired) electrons. The van der Waals surface area contributed by atoms with E-state index in [-0.39, 0.29) is 0 Å². The van der Waals surface area contributed by atoms with Crippen molar-refractivity contribution in [1.82, 2.24) is 19.3 Å². The van der Waals surface area contributed by atoms with E-state index in [1.807, 2.05) is 17.1 Å². The Morgan fingerprint density at radius 2 is 2.36 bits per heavy atom. The Morgan fingerprint density at radius 1 is 1.43 bits per heavy atom. The Kier molecular flexibility index (Phi) is 1.73. The second kappa shape index (κ2) is 2.95. The maximum Gasteiger partial charge on any atom is 0.130 e. The number of rotatable bonds is 0. The van der Waals surface area contributed by atoms with Gasteiger partial charge in [-0.1, -0.05) is 0 Å². The summed E-state index contributed by atoms with van der Waals surface area (Å²) < 4.78 is 5.10. The normalized spacial score (nSPS) is 14.6. The Morgan fingerprint density at radius 3 is 3.29 bits per heavy atom. The average molecular weight is 253 g/mol. The molecule has 0 amide bonds. The van der Waals surface area contributed by atoms with Crippen molar-refractivity contribution >= 4 is 15.9 Å². The predicted molar refractivity (Wildman–Crippen MR) is 55.0 cm³/mol. The summed E-state index contributed by atoms with van der Waals surface area (Å²) in [5.74, 6) is 1.08. The molecule has 3 heterocycles. The lowest BCUT2D eigenvalue weighted by molar-refractivity contribution is 0.635. The van der Waals surface area contributed by atoms with Crippen molar-refractivity contribution in [2.24, 2.45) is 0 Å². The number of hydrogen-bond acceptors (Lipinski definition) is 2. The van der Waals surface area contributed by atoms with E-state index < -0.39 is 0 Å². The van der Waals surface area contributed by atoms with Gasteiger partial charge in [0.25, 0.3) is 0 Å². The van der Waals surface area contributed by atoms with Crippen molar-refractivity contribution < 1.29 is 0 Å². The summed E-state index contributed by atoms with van der Waals surface area (Å²) in [5, 5.41) is 4.37. The summed E-state index contributed by atoms with van der Waals surface area (Å²) in [6.07, 6.45) is 4.89. The van der Waals surface area contributed by atoms with Crippen molar-refractivity contribution in [3.05, 3.63) is 34.6 Å². The molecule has 14 heavy (non-hydrogen) atoms. The van der Waals surface area contributed by atoms with Crippen molar-refractivity contribution in [3.63, 3.8) is 0 Å². The Balaban J connectivity index is 2.08. The molecule has 1 aliphatic rings. The van der Waals surface area contributed by atoms with Gasteiger partial charge >= 0.3 is 0 Å². The molecule has 0 saturated heterocycles. The van der Waals surface area contributed by atoms with Crippen LogP contribution in [0, 0.1) is 0 Å². The van der Waals surface area contributed by atoms with Gasteiger partial charge in [-0.3, -0.25) is 4.68 Å². The van der Waals surface area contributed by atoms with Crippen LogP contribution in [0.3, 0.4) is 0 Å². The summed E-state index contributed by atoms with van der Waals surface area (Å²) in [6.45, 7) is 1.77. The van der Waals surface area contributed by atoms with Crippen molar-refractivity contribution in [2.75, 3.05) is 0 Å². The molecule has 0 aliphatic carbocycles. The van der Waals surface area contributed by atoms with Crippen molar-refractivity contribution in [1.29, 1.82) is 0 Å². The highest BCUT2D eigenvalue weighted by Crippen LogP contribution is 2.16. The zero-order valence-electron chi connectivity index (χ0n) is 7.52. The zero-order valence-corrected chi connectivity index (χ0v) is 9.11. The minimum absolute atomic E-state index is 0.772. The van der Waals surface area contributed by atoms with Gasteiger partial charge in [0.2, 0.25) is 0 Å². The molecule has 0 aromatic carbocycles. The lowest BCUT2D eigenvalue weighted by Gasteiger charge is -2.00. The molecule has 0 spiro atoms. The molecule has 0 atom stereocenters. The van der Waals surface area contributed by atoms with Gasteiger partial charge < -0.3 is 4.57 Å². The van der Waals surface area contributed by atoms with E-state index in [4.69, 9.17) is 0 Å². The minimum Gasteiger partial charge on any atom is -0.333 e. The molecule has 0 N–H and O–H groups in total. The van der Waals surface area contributed by atoms with E-state index in [2.05, 4.69) is 36.6 Å². The van der Waals surface area contributed by atoms with Gasteiger partial charge in [0.1, 0.15) is 10.4 Å². The molecule has 0 fully saturated rings. The van der Waals surface area contributed by atoms with E-state index >= 15 is 0 Å². The van der Waals surface area contributed by atoms with E-state index in [0.29, 0.717) is 0 Å². The fourth-order valence-corrected chi connectivity index (χ4v) is 2.28. The van der Waals surface area contributed by atoms with Crippen LogP contribution < -0.4 is 0 Å². The Labute approximate surface area is 89.7 Å². The topological polar surface area (TPSA) is 35.6 Å². The highest BCUT2D eigenvalue weighted by Gasteiger charge is 2.14. The molecule has 2 aromatic rings. The SMILES string of the molecule is Brc1cc2n(n1)Cc1nccn1CC2. The summed E-state index contributed by atoms with van der Waals surface area (Å²) in [7, 11) is 0. The number of imidazole rings is 1. The number of hydrogen-bond donors (Lipinski definition) is 0. The second-order valence-corrected chi connectivity index (χ2v) is 4.22. The van der Waals surface area contributed by atoms with E-state index in [1.165, 1.54) is 5.69 Å². The van der Waals surface area contributed by atoms with E-state index in [9.17, 15) is 0 Å². The van der Waals surface area contributed by atoms with Crippen LogP contribution in [0.1, 0.15) is 11.5 Å². The third kappa shape index (κ3) is 1.19.